The van der Waals surface area contributed by atoms with E-state index in [1.165, 1.54) is 5.56 Å². The fourth-order valence-corrected chi connectivity index (χ4v) is 2.68. The van der Waals surface area contributed by atoms with Gasteiger partial charge in [-0.05, 0) is 36.6 Å². The molecule has 0 aliphatic carbocycles. The van der Waals surface area contributed by atoms with Crippen LogP contribution in [0.5, 0.6) is 5.75 Å². The molecule has 2 heterocycles. The maximum atomic E-state index is 9.57. The van der Waals surface area contributed by atoms with Crippen LogP contribution >= 0.6 is 0 Å². The van der Waals surface area contributed by atoms with Crippen LogP contribution in [0.25, 0.3) is 0 Å². The Morgan fingerprint density at radius 2 is 2.21 bits per heavy atom. The zero-order valence-corrected chi connectivity index (χ0v) is 11.1. The molecule has 19 heavy (non-hydrogen) atoms. The van der Waals surface area contributed by atoms with Crippen molar-refractivity contribution in [2.24, 2.45) is 0 Å². The molecule has 0 bridgehead atoms. The van der Waals surface area contributed by atoms with Crippen LogP contribution in [0.4, 0.5) is 0 Å². The molecule has 0 amide bonds. The van der Waals surface area contributed by atoms with Crippen LogP contribution in [0.1, 0.15) is 36.5 Å². The average molecular weight is 257 g/mol. The molecule has 0 saturated heterocycles. The van der Waals surface area contributed by atoms with Crippen molar-refractivity contribution in [2.45, 2.75) is 31.9 Å². The van der Waals surface area contributed by atoms with Crippen molar-refractivity contribution in [1.29, 1.82) is 0 Å². The summed E-state index contributed by atoms with van der Waals surface area (Å²) in [6, 6.07) is 10.3. The molecule has 1 aliphatic rings. The number of rotatable bonds is 3. The molecule has 0 saturated carbocycles. The molecule has 100 valence electrons. The van der Waals surface area contributed by atoms with E-state index in [2.05, 4.69) is 16.7 Å². The van der Waals surface area contributed by atoms with Gasteiger partial charge in [0, 0.05) is 24.9 Å². The summed E-state index contributed by atoms with van der Waals surface area (Å²) >= 11 is 0. The molecule has 0 radical (unpaired) electrons. The van der Waals surface area contributed by atoms with E-state index in [4.69, 9.17) is 4.74 Å². The summed E-state index contributed by atoms with van der Waals surface area (Å²) in [6.07, 6.45) is 4.71. The van der Waals surface area contributed by atoms with Gasteiger partial charge in [-0.3, -0.25) is 0 Å². The van der Waals surface area contributed by atoms with E-state index in [1.54, 1.807) is 6.92 Å². The van der Waals surface area contributed by atoms with Gasteiger partial charge in [0.15, 0.2) is 0 Å². The number of benzene rings is 1. The first-order valence-electron chi connectivity index (χ1n) is 6.79. The Morgan fingerprint density at radius 3 is 3.00 bits per heavy atom. The minimum absolute atomic E-state index is 0.400. The molecular formula is C16H19NO2. The smallest absolute Gasteiger partial charge is 0.122 e. The SMILES string of the molecule is CC(O)c1ccn(CC2CCOc3ccccc32)c1. The first kappa shape index (κ1) is 12.3. The molecule has 0 fully saturated rings. The number of nitrogens with zero attached hydrogens (tertiary/aromatic N) is 1. The molecule has 0 spiro atoms. The van der Waals surface area contributed by atoms with Crippen LogP contribution in [0, 0.1) is 0 Å². The number of aliphatic hydroxyl groups excluding tert-OH is 1. The molecule has 3 rings (SSSR count). The van der Waals surface area contributed by atoms with E-state index in [1.807, 2.05) is 30.6 Å². The number of para-hydroxylation sites is 1. The van der Waals surface area contributed by atoms with Crippen molar-refractivity contribution in [2.75, 3.05) is 6.61 Å². The normalized spacial score (nSPS) is 19.6. The number of aliphatic hydroxyl groups is 1. The van der Waals surface area contributed by atoms with Gasteiger partial charge < -0.3 is 14.4 Å². The lowest BCUT2D eigenvalue weighted by Gasteiger charge is -2.26. The van der Waals surface area contributed by atoms with Gasteiger partial charge in [-0.1, -0.05) is 18.2 Å². The molecule has 2 aromatic rings. The Balaban J connectivity index is 1.80. The van der Waals surface area contributed by atoms with Gasteiger partial charge in [0.2, 0.25) is 0 Å². The number of hydrogen-bond donors (Lipinski definition) is 1. The molecule has 1 aliphatic heterocycles. The van der Waals surface area contributed by atoms with Crippen molar-refractivity contribution in [1.82, 2.24) is 4.57 Å². The standard InChI is InChI=1S/C16H19NO2/c1-12(18)13-6-8-17(10-13)11-14-7-9-19-16-5-3-2-4-15(14)16/h2-6,8,10,12,14,18H,7,9,11H2,1H3. The summed E-state index contributed by atoms with van der Waals surface area (Å²) in [6.45, 7) is 3.52. The maximum Gasteiger partial charge on any atom is 0.122 e. The first-order valence-corrected chi connectivity index (χ1v) is 6.79. The van der Waals surface area contributed by atoms with Gasteiger partial charge in [-0.15, -0.1) is 0 Å². The summed E-state index contributed by atoms with van der Waals surface area (Å²) in [7, 11) is 0. The van der Waals surface area contributed by atoms with Crippen LogP contribution < -0.4 is 4.74 Å². The van der Waals surface area contributed by atoms with E-state index in [0.717, 1.165) is 30.9 Å². The van der Waals surface area contributed by atoms with Gasteiger partial charge >= 0.3 is 0 Å². The van der Waals surface area contributed by atoms with E-state index < -0.39 is 6.10 Å². The van der Waals surface area contributed by atoms with Crippen LogP contribution in [0.2, 0.25) is 0 Å². The highest BCUT2D eigenvalue weighted by Crippen LogP contribution is 2.34. The van der Waals surface area contributed by atoms with Crippen molar-refractivity contribution in [3.05, 3.63) is 53.9 Å². The third kappa shape index (κ3) is 2.51. The van der Waals surface area contributed by atoms with Gasteiger partial charge in [0.25, 0.3) is 0 Å². The number of hydrogen-bond acceptors (Lipinski definition) is 2. The monoisotopic (exact) mass is 257 g/mol. The topological polar surface area (TPSA) is 34.4 Å². The summed E-state index contributed by atoms with van der Waals surface area (Å²) in [5.74, 6) is 1.50. The molecule has 2 unspecified atom stereocenters. The predicted molar refractivity (Wildman–Crippen MR) is 74.4 cm³/mol. The second-order valence-electron chi connectivity index (χ2n) is 5.19. The van der Waals surface area contributed by atoms with E-state index in [-0.39, 0.29) is 0 Å². The Hall–Kier alpha value is -1.74. The zero-order chi connectivity index (χ0) is 13.2. The summed E-state index contributed by atoms with van der Waals surface area (Å²) in [4.78, 5) is 0. The molecule has 2 atom stereocenters. The van der Waals surface area contributed by atoms with Crippen LogP contribution in [0.15, 0.2) is 42.7 Å². The second kappa shape index (κ2) is 5.10. The highest BCUT2D eigenvalue weighted by Gasteiger charge is 2.21. The lowest BCUT2D eigenvalue weighted by molar-refractivity contribution is 0.199. The van der Waals surface area contributed by atoms with Crippen molar-refractivity contribution < 1.29 is 9.84 Å². The quantitative estimate of drug-likeness (QED) is 0.916. The summed E-state index contributed by atoms with van der Waals surface area (Å²) in [5, 5.41) is 9.57. The molecular weight excluding hydrogens is 238 g/mol. The van der Waals surface area contributed by atoms with Crippen molar-refractivity contribution in [3.63, 3.8) is 0 Å². The Bertz CT molecular complexity index is 559. The van der Waals surface area contributed by atoms with Crippen LogP contribution in [-0.2, 0) is 6.54 Å². The minimum atomic E-state index is -0.400. The number of fused-ring (bicyclic) bond motifs is 1. The number of aromatic nitrogens is 1. The maximum absolute atomic E-state index is 9.57. The van der Waals surface area contributed by atoms with E-state index in [0.29, 0.717) is 5.92 Å². The number of ether oxygens (including phenoxy) is 1. The highest BCUT2D eigenvalue weighted by atomic mass is 16.5. The lowest BCUT2D eigenvalue weighted by atomic mass is 9.93. The van der Waals surface area contributed by atoms with Gasteiger partial charge in [-0.2, -0.15) is 0 Å². The molecule has 1 aromatic carbocycles. The predicted octanol–water partition coefficient (Wildman–Crippen LogP) is 3.11. The van der Waals surface area contributed by atoms with Crippen LogP contribution in [0.3, 0.4) is 0 Å². The van der Waals surface area contributed by atoms with Gasteiger partial charge in [0.05, 0.1) is 12.7 Å². The Labute approximate surface area is 113 Å². The molecule has 3 nitrogen and oxygen atoms in total. The second-order valence-corrected chi connectivity index (χ2v) is 5.19. The highest BCUT2D eigenvalue weighted by molar-refractivity contribution is 5.37. The van der Waals surface area contributed by atoms with Crippen molar-refractivity contribution >= 4 is 0 Å². The van der Waals surface area contributed by atoms with Crippen molar-refractivity contribution in [3.8, 4) is 5.75 Å². The first-order chi connectivity index (χ1) is 9.24. The molecule has 1 aromatic heterocycles. The van der Waals surface area contributed by atoms with E-state index in [9.17, 15) is 5.11 Å². The summed E-state index contributed by atoms with van der Waals surface area (Å²) < 4.78 is 7.85. The lowest BCUT2D eigenvalue weighted by Crippen LogP contribution is -2.18. The third-order valence-electron chi connectivity index (χ3n) is 3.77. The molecule has 3 heteroatoms. The van der Waals surface area contributed by atoms with Crippen LogP contribution in [-0.4, -0.2) is 16.3 Å². The third-order valence-corrected chi connectivity index (χ3v) is 3.77. The average Bonchev–Trinajstić information content (AvgIpc) is 2.88. The Morgan fingerprint density at radius 1 is 1.37 bits per heavy atom. The van der Waals surface area contributed by atoms with Gasteiger partial charge in [0.1, 0.15) is 5.75 Å². The minimum Gasteiger partial charge on any atom is -0.493 e. The largest absolute Gasteiger partial charge is 0.493 e. The van der Waals surface area contributed by atoms with E-state index >= 15 is 0 Å². The zero-order valence-electron chi connectivity index (χ0n) is 11.1. The Kier molecular flexibility index (Phi) is 3.30. The summed E-state index contributed by atoms with van der Waals surface area (Å²) in [5.41, 5.74) is 2.27. The fourth-order valence-electron chi connectivity index (χ4n) is 2.68. The fraction of sp³-hybridized carbons (Fsp3) is 0.375. The molecule has 1 N–H and O–H groups in total. The van der Waals surface area contributed by atoms with Gasteiger partial charge in [-0.25, -0.2) is 0 Å².